The van der Waals surface area contributed by atoms with Crippen LogP contribution in [0.5, 0.6) is 0 Å². The molecule has 1 aliphatic carbocycles. The highest BCUT2D eigenvalue weighted by Gasteiger charge is 2.21. The van der Waals surface area contributed by atoms with E-state index in [2.05, 4.69) is 15.2 Å². The van der Waals surface area contributed by atoms with E-state index in [4.69, 9.17) is 5.73 Å². The lowest BCUT2D eigenvalue weighted by Gasteiger charge is -2.18. The first-order chi connectivity index (χ1) is 9.25. The maximum atomic E-state index is 13.8. The maximum absolute atomic E-state index is 13.8. The van der Waals surface area contributed by atoms with Gasteiger partial charge in [0.15, 0.2) is 5.82 Å². The molecule has 100 valence electrons. The fraction of sp³-hybridized carbons (Fsp3) is 0.429. The summed E-state index contributed by atoms with van der Waals surface area (Å²) in [5.74, 6) is 1.26. The Morgan fingerprint density at radius 3 is 2.74 bits per heavy atom. The second kappa shape index (κ2) is 4.99. The summed E-state index contributed by atoms with van der Waals surface area (Å²) in [7, 11) is 0. The fourth-order valence-electron chi connectivity index (χ4n) is 2.72. The van der Waals surface area contributed by atoms with E-state index < -0.39 is 0 Å². The van der Waals surface area contributed by atoms with Gasteiger partial charge in [-0.15, -0.1) is 0 Å². The van der Waals surface area contributed by atoms with Gasteiger partial charge in [-0.25, -0.2) is 9.37 Å². The molecule has 1 aromatic heterocycles. The lowest BCUT2D eigenvalue weighted by atomic mass is 9.89. The molecule has 1 heterocycles. The molecule has 0 spiro atoms. The summed E-state index contributed by atoms with van der Waals surface area (Å²) in [6, 6.07) is 4.63. The molecule has 0 bridgehead atoms. The van der Waals surface area contributed by atoms with E-state index in [1.807, 2.05) is 0 Å². The Hall–Kier alpha value is -1.91. The van der Waals surface area contributed by atoms with Gasteiger partial charge in [-0.1, -0.05) is 25.3 Å². The molecular formula is C14H17FN4. The van der Waals surface area contributed by atoms with Crippen molar-refractivity contribution in [2.45, 2.75) is 38.0 Å². The third kappa shape index (κ3) is 2.32. The normalized spacial score (nSPS) is 16.7. The van der Waals surface area contributed by atoms with Gasteiger partial charge in [-0.3, -0.25) is 5.10 Å². The number of rotatable bonds is 2. The Labute approximate surface area is 111 Å². The van der Waals surface area contributed by atoms with Crippen molar-refractivity contribution in [3.8, 4) is 11.4 Å². The van der Waals surface area contributed by atoms with E-state index in [1.54, 1.807) is 12.1 Å². The number of nitrogens with zero attached hydrogens (tertiary/aromatic N) is 2. The monoisotopic (exact) mass is 260 g/mol. The molecular weight excluding hydrogens is 243 g/mol. The lowest BCUT2D eigenvalue weighted by Crippen LogP contribution is -2.06. The zero-order valence-electron chi connectivity index (χ0n) is 10.7. The number of benzene rings is 1. The van der Waals surface area contributed by atoms with Crippen molar-refractivity contribution in [1.82, 2.24) is 15.2 Å². The first-order valence-corrected chi connectivity index (χ1v) is 6.72. The van der Waals surface area contributed by atoms with Crippen molar-refractivity contribution in [3.05, 3.63) is 29.8 Å². The van der Waals surface area contributed by atoms with Crippen molar-refractivity contribution in [2.24, 2.45) is 0 Å². The number of aromatic nitrogens is 3. The van der Waals surface area contributed by atoms with Gasteiger partial charge in [-0.2, -0.15) is 5.10 Å². The molecule has 1 fully saturated rings. The number of nitrogen functional groups attached to an aromatic ring is 1. The van der Waals surface area contributed by atoms with Crippen LogP contribution in [0.2, 0.25) is 0 Å². The summed E-state index contributed by atoms with van der Waals surface area (Å²) in [4.78, 5) is 4.44. The van der Waals surface area contributed by atoms with Crippen molar-refractivity contribution < 1.29 is 4.39 Å². The van der Waals surface area contributed by atoms with Crippen LogP contribution in [-0.4, -0.2) is 15.2 Å². The first-order valence-electron chi connectivity index (χ1n) is 6.72. The topological polar surface area (TPSA) is 67.6 Å². The molecule has 1 aromatic carbocycles. The molecule has 0 radical (unpaired) electrons. The molecule has 3 rings (SSSR count). The number of H-pyrrole nitrogens is 1. The largest absolute Gasteiger partial charge is 0.398 e. The van der Waals surface area contributed by atoms with Gasteiger partial charge in [0.2, 0.25) is 0 Å². The van der Waals surface area contributed by atoms with E-state index in [0.29, 0.717) is 23.0 Å². The van der Waals surface area contributed by atoms with Crippen LogP contribution in [0.4, 0.5) is 10.1 Å². The minimum Gasteiger partial charge on any atom is -0.398 e. The molecule has 19 heavy (non-hydrogen) atoms. The summed E-state index contributed by atoms with van der Waals surface area (Å²) >= 11 is 0. The van der Waals surface area contributed by atoms with Gasteiger partial charge in [-0.05, 0) is 25.0 Å². The molecule has 0 saturated heterocycles. The van der Waals surface area contributed by atoms with Crippen LogP contribution in [-0.2, 0) is 0 Å². The van der Waals surface area contributed by atoms with Gasteiger partial charge in [0.05, 0.1) is 5.56 Å². The number of hydrogen-bond acceptors (Lipinski definition) is 3. The number of hydrogen-bond donors (Lipinski definition) is 2. The third-order valence-electron chi connectivity index (χ3n) is 3.76. The minimum atomic E-state index is -0.380. The highest BCUT2D eigenvalue weighted by Crippen LogP contribution is 2.32. The average Bonchev–Trinajstić information content (AvgIpc) is 2.89. The highest BCUT2D eigenvalue weighted by atomic mass is 19.1. The van der Waals surface area contributed by atoms with Crippen LogP contribution in [0.15, 0.2) is 18.2 Å². The van der Waals surface area contributed by atoms with Crippen LogP contribution in [0, 0.1) is 5.82 Å². The number of nitrogens with two attached hydrogens (primary N) is 1. The second-order valence-corrected chi connectivity index (χ2v) is 5.08. The molecule has 2 aromatic rings. The second-order valence-electron chi connectivity index (χ2n) is 5.08. The fourth-order valence-corrected chi connectivity index (χ4v) is 2.72. The molecule has 3 N–H and O–H groups in total. The Morgan fingerprint density at radius 1 is 1.21 bits per heavy atom. The summed E-state index contributed by atoms with van der Waals surface area (Å²) < 4.78 is 13.8. The van der Waals surface area contributed by atoms with Gasteiger partial charge < -0.3 is 5.73 Å². The molecule has 1 aliphatic rings. The SMILES string of the molecule is Nc1cccc(F)c1-c1n[nH]c(C2CCCCC2)n1. The molecule has 0 unspecified atom stereocenters. The van der Waals surface area contributed by atoms with Crippen molar-refractivity contribution in [2.75, 3.05) is 5.73 Å². The Bertz CT molecular complexity index is 552. The van der Waals surface area contributed by atoms with E-state index in [-0.39, 0.29) is 5.82 Å². The minimum absolute atomic E-state index is 0.292. The van der Waals surface area contributed by atoms with E-state index in [1.165, 1.54) is 25.3 Å². The van der Waals surface area contributed by atoms with Crippen LogP contribution in [0.1, 0.15) is 43.8 Å². The van der Waals surface area contributed by atoms with Gasteiger partial charge in [0.1, 0.15) is 11.6 Å². The highest BCUT2D eigenvalue weighted by molar-refractivity contribution is 5.71. The number of nitrogens with one attached hydrogen (secondary N) is 1. The summed E-state index contributed by atoms with van der Waals surface area (Å²) in [6.45, 7) is 0. The molecule has 1 saturated carbocycles. The average molecular weight is 260 g/mol. The van der Waals surface area contributed by atoms with E-state index in [9.17, 15) is 4.39 Å². The zero-order chi connectivity index (χ0) is 13.2. The van der Waals surface area contributed by atoms with Crippen molar-refractivity contribution in [1.29, 1.82) is 0 Å². The predicted octanol–water partition coefficient (Wildman–Crippen LogP) is 3.24. The number of aromatic amines is 1. The maximum Gasteiger partial charge on any atom is 0.186 e. The summed E-state index contributed by atoms with van der Waals surface area (Å²) in [5.41, 5.74) is 6.47. The molecule has 0 amide bonds. The van der Waals surface area contributed by atoms with Gasteiger partial charge >= 0.3 is 0 Å². The quantitative estimate of drug-likeness (QED) is 0.814. The predicted molar refractivity (Wildman–Crippen MR) is 72.0 cm³/mol. The number of halogens is 1. The third-order valence-corrected chi connectivity index (χ3v) is 3.76. The Kier molecular flexibility index (Phi) is 3.19. The van der Waals surface area contributed by atoms with E-state index >= 15 is 0 Å². The lowest BCUT2D eigenvalue weighted by molar-refractivity contribution is 0.429. The van der Waals surface area contributed by atoms with Crippen LogP contribution in [0.3, 0.4) is 0 Å². The zero-order valence-corrected chi connectivity index (χ0v) is 10.7. The van der Waals surface area contributed by atoms with E-state index in [0.717, 1.165) is 18.7 Å². The van der Waals surface area contributed by atoms with Gasteiger partial charge in [0.25, 0.3) is 0 Å². The van der Waals surface area contributed by atoms with Gasteiger partial charge in [0, 0.05) is 11.6 Å². The Balaban J connectivity index is 1.92. The van der Waals surface area contributed by atoms with Crippen molar-refractivity contribution >= 4 is 5.69 Å². The molecule has 0 aliphatic heterocycles. The smallest absolute Gasteiger partial charge is 0.186 e. The van der Waals surface area contributed by atoms with Crippen LogP contribution < -0.4 is 5.73 Å². The standard InChI is InChI=1S/C14H17FN4/c15-10-7-4-8-11(16)12(10)14-17-13(18-19-14)9-5-2-1-3-6-9/h4,7-9H,1-3,5-6,16H2,(H,17,18,19). The molecule has 4 nitrogen and oxygen atoms in total. The molecule has 0 atom stereocenters. The summed E-state index contributed by atoms with van der Waals surface area (Å²) in [5, 5.41) is 7.07. The Morgan fingerprint density at radius 2 is 2.00 bits per heavy atom. The number of anilines is 1. The van der Waals surface area contributed by atoms with Crippen LogP contribution >= 0.6 is 0 Å². The summed E-state index contributed by atoms with van der Waals surface area (Å²) in [6.07, 6.45) is 5.99. The molecule has 5 heteroatoms. The van der Waals surface area contributed by atoms with Crippen molar-refractivity contribution in [3.63, 3.8) is 0 Å². The first kappa shape index (κ1) is 12.1. The van der Waals surface area contributed by atoms with Crippen LogP contribution in [0.25, 0.3) is 11.4 Å².